The zero-order valence-corrected chi connectivity index (χ0v) is 12.8. The molecular formula is C17H15N3O3. The summed E-state index contributed by atoms with van der Waals surface area (Å²) in [7, 11) is 1.59. The van der Waals surface area contributed by atoms with Crippen LogP contribution in [0.25, 0.3) is 5.69 Å². The number of benzene rings is 2. The number of ether oxygens (including phenoxy) is 2. The fraction of sp³-hybridized carbons (Fsp3) is 0.118. The van der Waals surface area contributed by atoms with Crippen LogP contribution in [-0.4, -0.2) is 27.8 Å². The number of methoxy groups -OCH3 is 1. The summed E-state index contributed by atoms with van der Waals surface area (Å²) in [5.41, 5.74) is 0.700. The van der Waals surface area contributed by atoms with E-state index in [1.807, 2.05) is 6.07 Å². The van der Waals surface area contributed by atoms with E-state index >= 15 is 0 Å². The van der Waals surface area contributed by atoms with Gasteiger partial charge in [0.2, 0.25) is 5.82 Å². The van der Waals surface area contributed by atoms with Crippen molar-refractivity contribution in [3.05, 3.63) is 66.2 Å². The van der Waals surface area contributed by atoms with Crippen molar-refractivity contribution in [2.45, 2.75) is 6.92 Å². The molecule has 1 heterocycles. The Morgan fingerprint density at radius 3 is 2.35 bits per heavy atom. The number of carbonyl (C=O) groups excluding carboxylic acids is 1. The molecule has 116 valence electrons. The van der Waals surface area contributed by atoms with Crippen LogP contribution in [0.4, 0.5) is 0 Å². The normalized spacial score (nSPS) is 10.3. The molecule has 0 saturated carbocycles. The van der Waals surface area contributed by atoms with Crippen LogP contribution in [0.5, 0.6) is 11.5 Å². The lowest BCUT2D eigenvalue weighted by Crippen LogP contribution is -2.15. The molecule has 2 aromatic carbocycles. The van der Waals surface area contributed by atoms with Crippen molar-refractivity contribution in [2.75, 3.05) is 7.11 Å². The molecule has 0 radical (unpaired) electrons. The minimum absolute atomic E-state index is 0.122. The Morgan fingerprint density at radius 1 is 1.00 bits per heavy atom. The third kappa shape index (κ3) is 3.21. The number of hydrogen-bond donors (Lipinski definition) is 0. The number of aromatic nitrogens is 3. The third-order valence-corrected chi connectivity index (χ3v) is 3.17. The van der Waals surface area contributed by atoms with E-state index in [0.717, 1.165) is 5.75 Å². The Bertz CT molecular complexity index is 811. The van der Waals surface area contributed by atoms with Crippen molar-refractivity contribution in [2.24, 2.45) is 0 Å². The Hall–Kier alpha value is -3.15. The van der Waals surface area contributed by atoms with Gasteiger partial charge in [0.05, 0.1) is 12.8 Å². The summed E-state index contributed by atoms with van der Waals surface area (Å²) in [4.78, 5) is 16.5. The smallest absolute Gasteiger partial charge is 0.381 e. The Morgan fingerprint density at radius 2 is 1.70 bits per heavy atom. The highest BCUT2D eigenvalue weighted by molar-refractivity contribution is 5.88. The molecule has 0 unspecified atom stereocenters. The first-order valence-electron chi connectivity index (χ1n) is 7.02. The largest absolute Gasteiger partial charge is 0.497 e. The second kappa shape index (κ2) is 6.31. The maximum Gasteiger partial charge on any atom is 0.381 e. The molecular weight excluding hydrogens is 294 g/mol. The van der Waals surface area contributed by atoms with Gasteiger partial charge in [-0.05, 0) is 43.3 Å². The maximum atomic E-state index is 12.4. The van der Waals surface area contributed by atoms with Gasteiger partial charge in [0.15, 0.2) is 0 Å². The molecule has 6 nitrogen and oxygen atoms in total. The van der Waals surface area contributed by atoms with E-state index in [4.69, 9.17) is 9.47 Å². The number of aryl methyl sites for hydroxylation is 1. The third-order valence-electron chi connectivity index (χ3n) is 3.17. The van der Waals surface area contributed by atoms with Crippen molar-refractivity contribution in [1.82, 2.24) is 14.8 Å². The molecule has 6 heteroatoms. The van der Waals surface area contributed by atoms with Gasteiger partial charge in [0.1, 0.15) is 17.3 Å². The minimum atomic E-state index is -0.562. The average molecular weight is 309 g/mol. The summed E-state index contributed by atoms with van der Waals surface area (Å²) in [6, 6.07) is 16.0. The van der Waals surface area contributed by atoms with E-state index in [1.165, 1.54) is 4.68 Å². The number of nitrogens with zero attached hydrogens (tertiary/aromatic N) is 3. The molecule has 0 amide bonds. The van der Waals surface area contributed by atoms with Gasteiger partial charge in [-0.15, -0.1) is 0 Å². The molecule has 0 spiro atoms. The van der Waals surface area contributed by atoms with Crippen LogP contribution in [0.2, 0.25) is 0 Å². The quantitative estimate of drug-likeness (QED) is 0.547. The zero-order chi connectivity index (χ0) is 16.2. The van der Waals surface area contributed by atoms with E-state index in [0.29, 0.717) is 17.3 Å². The lowest BCUT2D eigenvalue weighted by Gasteiger charge is -2.07. The first-order chi connectivity index (χ1) is 11.2. The van der Waals surface area contributed by atoms with Crippen LogP contribution in [0.3, 0.4) is 0 Å². The summed E-state index contributed by atoms with van der Waals surface area (Å²) < 4.78 is 11.9. The van der Waals surface area contributed by atoms with Crippen molar-refractivity contribution in [3.8, 4) is 17.2 Å². The number of carbonyl (C=O) groups is 1. The number of para-hydroxylation sites is 1. The van der Waals surface area contributed by atoms with E-state index in [9.17, 15) is 4.79 Å². The van der Waals surface area contributed by atoms with Gasteiger partial charge >= 0.3 is 5.97 Å². The highest BCUT2D eigenvalue weighted by atomic mass is 16.5. The van der Waals surface area contributed by atoms with Gasteiger partial charge in [-0.25, -0.2) is 14.5 Å². The highest BCUT2D eigenvalue weighted by Gasteiger charge is 2.19. The van der Waals surface area contributed by atoms with Crippen molar-refractivity contribution in [1.29, 1.82) is 0 Å². The molecule has 3 rings (SSSR count). The molecule has 0 aliphatic carbocycles. The maximum absolute atomic E-state index is 12.4. The summed E-state index contributed by atoms with van der Waals surface area (Å²) in [6.45, 7) is 1.72. The van der Waals surface area contributed by atoms with E-state index in [1.54, 1.807) is 62.6 Å². The highest BCUT2D eigenvalue weighted by Crippen LogP contribution is 2.17. The van der Waals surface area contributed by atoms with Crippen LogP contribution < -0.4 is 9.47 Å². The predicted molar refractivity (Wildman–Crippen MR) is 84.0 cm³/mol. The second-order valence-corrected chi connectivity index (χ2v) is 4.80. The van der Waals surface area contributed by atoms with Gasteiger partial charge in [0, 0.05) is 0 Å². The molecule has 0 fully saturated rings. The SMILES string of the molecule is COc1ccc(-n2nc(C)nc2C(=O)Oc2ccccc2)cc1. The Kier molecular flexibility index (Phi) is 4.05. The topological polar surface area (TPSA) is 66.2 Å². The van der Waals surface area contributed by atoms with Gasteiger partial charge < -0.3 is 9.47 Å². The Balaban J connectivity index is 1.92. The van der Waals surface area contributed by atoms with Crippen LogP contribution in [0, 0.1) is 6.92 Å². The fourth-order valence-corrected chi connectivity index (χ4v) is 2.09. The molecule has 23 heavy (non-hydrogen) atoms. The van der Waals surface area contributed by atoms with Crippen LogP contribution in [0.15, 0.2) is 54.6 Å². The first-order valence-corrected chi connectivity index (χ1v) is 7.02. The summed E-state index contributed by atoms with van der Waals surface area (Å²) >= 11 is 0. The summed E-state index contributed by atoms with van der Waals surface area (Å²) in [6.07, 6.45) is 0. The number of rotatable bonds is 4. The lowest BCUT2D eigenvalue weighted by atomic mass is 10.3. The molecule has 0 aliphatic rings. The average Bonchev–Trinajstić information content (AvgIpc) is 2.98. The molecule has 0 aliphatic heterocycles. The van der Waals surface area contributed by atoms with Crippen molar-refractivity contribution < 1.29 is 14.3 Å². The fourth-order valence-electron chi connectivity index (χ4n) is 2.09. The van der Waals surface area contributed by atoms with Crippen LogP contribution >= 0.6 is 0 Å². The summed E-state index contributed by atoms with van der Waals surface area (Å²) in [5, 5.41) is 4.26. The molecule has 0 N–H and O–H groups in total. The zero-order valence-electron chi connectivity index (χ0n) is 12.8. The van der Waals surface area contributed by atoms with E-state index in [2.05, 4.69) is 10.1 Å². The predicted octanol–water partition coefficient (Wildman–Crippen LogP) is 2.80. The molecule has 0 bridgehead atoms. The van der Waals surface area contributed by atoms with Crippen molar-refractivity contribution in [3.63, 3.8) is 0 Å². The van der Waals surface area contributed by atoms with Crippen molar-refractivity contribution >= 4 is 5.97 Å². The number of esters is 1. The van der Waals surface area contributed by atoms with E-state index < -0.39 is 5.97 Å². The number of hydrogen-bond acceptors (Lipinski definition) is 5. The molecule has 0 saturated heterocycles. The lowest BCUT2D eigenvalue weighted by molar-refractivity contribution is 0.0719. The summed E-state index contributed by atoms with van der Waals surface area (Å²) in [5.74, 6) is 1.23. The van der Waals surface area contributed by atoms with Gasteiger partial charge in [-0.2, -0.15) is 5.10 Å². The van der Waals surface area contributed by atoms with Crippen LogP contribution in [0.1, 0.15) is 16.4 Å². The Labute approximate surface area is 133 Å². The first kappa shape index (κ1) is 14.8. The van der Waals surface area contributed by atoms with Gasteiger partial charge in [0.25, 0.3) is 0 Å². The standard InChI is InChI=1S/C17H15N3O3/c1-12-18-16(17(21)23-15-6-4-3-5-7-15)20(19-12)13-8-10-14(22-2)11-9-13/h3-11H,1-2H3. The van der Waals surface area contributed by atoms with Gasteiger partial charge in [-0.1, -0.05) is 18.2 Å². The molecule has 0 atom stereocenters. The minimum Gasteiger partial charge on any atom is -0.497 e. The second-order valence-electron chi connectivity index (χ2n) is 4.80. The monoisotopic (exact) mass is 309 g/mol. The molecule has 3 aromatic rings. The molecule has 1 aromatic heterocycles. The van der Waals surface area contributed by atoms with Gasteiger partial charge in [-0.3, -0.25) is 0 Å². The van der Waals surface area contributed by atoms with Crippen LogP contribution in [-0.2, 0) is 0 Å². The van der Waals surface area contributed by atoms with E-state index in [-0.39, 0.29) is 5.82 Å².